The third kappa shape index (κ3) is 4.03. The molecule has 0 spiro atoms. The predicted molar refractivity (Wildman–Crippen MR) is 79.7 cm³/mol. The lowest BCUT2D eigenvalue weighted by Gasteiger charge is -2.37. The fourth-order valence-electron chi connectivity index (χ4n) is 2.39. The average Bonchev–Trinajstić information content (AvgIpc) is 2.74. The summed E-state index contributed by atoms with van der Waals surface area (Å²) in [6.45, 7) is 10.4. The van der Waals surface area contributed by atoms with E-state index in [9.17, 15) is 4.79 Å². The van der Waals surface area contributed by atoms with Crippen LogP contribution in [0, 0.1) is 6.92 Å². The van der Waals surface area contributed by atoms with Gasteiger partial charge in [-0.25, -0.2) is 0 Å². The molecule has 0 atom stereocenters. The summed E-state index contributed by atoms with van der Waals surface area (Å²) in [5.74, 6) is 0.171. The predicted octanol–water partition coefficient (Wildman–Crippen LogP) is 1.55. The molecular formula is C14H23N3OS. The van der Waals surface area contributed by atoms with Crippen molar-refractivity contribution < 1.29 is 4.79 Å². The first-order valence-corrected chi connectivity index (χ1v) is 7.54. The van der Waals surface area contributed by atoms with E-state index in [4.69, 9.17) is 5.73 Å². The van der Waals surface area contributed by atoms with Crippen LogP contribution in [0.3, 0.4) is 0 Å². The zero-order chi connectivity index (χ0) is 14.0. The van der Waals surface area contributed by atoms with E-state index in [1.165, 1.54) is 4.88 Å². The van der Waals surface area contributed by atoms with E-state index in [1.807, 2.05) is 37.8 Å². The Hall–Kier alpha value is -0.910. The van der Waals surface area contributed by atoms with Crippen molar-refractivity contribution in [3.8, 4) is 0 Å². The molecule has 2 N–H and O–H groups in total. The standard InChI is InChI=1S/C14H23N3OS/c1-11-4-5-12(19-11)13(18)17-8-6-16(7-9-17)10-14(2,3)15/h4-5H,6-10,15H2,1-3H3. The molecule has 5 heteroatoms. The van der Waals surface area contributed by atoms with Crippen molar-refractivity contribution in [1.82, 2.24) is 9.80 Å². The lowest BCUT2D eigenvalue weighted by Crippen LogP contribution is -2.54. The summed E-state index contributed by atoms with van der Waals surface area (Å²) in [5.41, 5.74) is 5.86. The SMILES string of the molecule is Cc1ccc(C(=O)N2CCN(CC(C)(C)N)CC2)s1. The lowest BCUT2D eigenvalue weighted by molar-refractivity contribution is 0.0621. The Morgan fingerprint density at radius 1 is 1.32 bits per heavy atom. The molecule has 106 valence electrons. The van der Waals surface area contributed by atoms with Gasteiger partial charge in [-0.2, -0.15) is 0 Å². The first-order chi connectivity index (χ1) is 8.85. The first kappa shape index (κ1) is 14.5. The molecule has 2 heterocycles. The monoisotopic (exact) mass is 281 g/mol. The van der Waals surface area contributed by atoms with Crippen LogP contribution >= 0.6 is 11.3 Å². The molecule has 0 unspecified atom stereocenters. The molecule has 1 aromatic heterocycles. The Kier molecular flexibility index (Phi) is 4.28. The van der Waals surface area contributed by atoms with E-state index in [0.29, 0.717) is 0 Å². The van der Waals surface area contributed by atoms with Gasteiger partial charge in [-0.15, -0.1) is 11.3 Å². The highest BCUT2D eigenvalue weighted by molar-refractivity contribution is 7.13. The van der Waals surface area contributed by atoms with Gasteiger partial charge < -0.3 is 10.6 Å². The second kappa shape index (κ2) is 5.61. The minimum atomic E-state index is -0.170. The molecule has 1 aliphatic rings. The summed E-state index contributed by atoms with van der Waals surface area (Å²) in [6, 6.07) is 3.93. The molecule has 1 aromatic rings. The van der Waals surface area contributed by atoms with Gasteiger partial charge in [0.15, 0.2) is 0 Å². The van der Waals surface area contributed by atoms with Crippen LogP contribution in [0.2, 0.25) is 0 Å². The van der Waals surface area contributed by atoms with E-state index in [0.717, 1.165) is 37.6 Å². The van der Waals surface area contributed by atoms with Gasteiger partial charge in [0, 0.05) is 43.1 Å². The maximum absolute atomic E-state index is 12.3. The minimum absolute atomic E-state index is 0.170. The Morgan fingerprint density at radius 3 is 2.42 bits per heavy atom. The van der Waals surface area contributed by atoms with Gasteiger partial charge >= 0.3 is 0 Å². The van der Waals surface area contributed by atoms with Crippen LogP contribution in [0.4, 0.5) is 0 Å². The highest BCUT2D eigenvalue weighted by Gasteiger charge is 2.25. The average molecular weight is 281 g/mol. The summed E-state index contributed by atoms with van der Waals surface area (Å²) in [7, 11) is 0. The molecule has 1 fully saturated rings. The van der Waals surface area contributed by atoms with Crippen molar-refractivity contribution in [2.75, 3.05) is 32.7 Å². The van der Waals surface area contributed by atoms with Crippen LogP contribution < -0.4 is 5.73 Å². The van der Waals surface area contributed by atoms with E-state index < -0.39 is 0 Å². The quantitative estimate of drug-likeness (QED) is 0.914. The topological polar surface area (TPSA) is 49.6 Å². The third-order valence-corrected chi connectivity index (χ3v) is 4.23. The van der Waals surface area contributed by atoms with Gasteiger partial charge in [0.05, 0.1) is 4.88 Å². The Morgan fingerprint density at radius 2 is 1.95 bits per heavy atom. The van der Waals surface area contributed by atoms with Gasteiger partial charge in [-0.3, -0.25) is 9.69 Å². The number of rotatable bonds is 3. The smallest absolute Gasteiger partial charge is 0.264 e. The molecule has 0 radical (unpaired) electrons. The van der Waals surface area contributed by atoms with Crippen molar-refractivity contribution in [1.29, 1.82) is 0 Å². The molecule has 19 heavy (non-hydrogen) atoms. The van der Waals surface area contributed by atoms with Crippen molar-refractivity contribution in [2.24, 2.45) is 5.73 Å². The molecule has 0 aliphatic carbocycles. The molecule has 4 nitrogen and oxygen atoms in total. The van der Waals surface area contributed by atoms with Crippen molar-refractivity contribution in [3.63, 3.8) is 0 Å². The number of hydrogen-bond donors (Lipinski definition) is 1. The Bertz CT molecular complexity index is 442. The number of aryl methyl sites for hydroxylation is 1. The van der Waals surface area contributed by atoms with E-state index in [-0.39, 0.29) is 11.4 Å². The maximum Gasteiger partial charge on any atom is 0.264 e. The van der Waals surface area contributed by atoms with Crippen LogP contribution in [0.5, 0.6) is 0 Å². The van der Waals surface area contributed by atoms with Crippen molar-refractivity contribution in [2.45, 2.75) is 26.3 Å². The van der Waals surface area contributed by atoms with Crippen molar-refractivity contribution in [3.05, 3.63) is 21.9 Å². The Labute approximate surface area is 119 Å². The summed E-state index contributed by atoms with van der Waals surface area (Å²) in [5, 5.41) is 0. The first-order valence-electron chi connectivity index (χ1n) is 6.72. The number of hydrogen-bond acceptors (Lipinski definition) is 4. The molecule has 2 rings (SSSR count). The van der Waals surface area contributed by atoms with E-state index in [1.54, 1.807) is 11.3 Å². The molecule has 0 saturated carbocycles. The summed E-state index contributed by atoms with van der Waals surface area (Å²) in [4.78, 5) is 18.6. The number of thiophene rings is 1. The highest BCUT2D eigenvalue weighted by Crippen LogP contribution is 2.18. The van der Waals surface area contributed by atoms with Gasteiger partial charge in [0.1, 0.15) is 0 Å². The van der Waals surface area contributed by atoms with Crippen molar-refractivity contribution >= 4 is 17.2 Å². The number of piperazine rings is 1. The zero-order valence-corrected chi connectivity index (χ0v) is 12.8. The molecule has 1 saturated heterocycles. The van der Waals surface area contributed by atoms with Crippen LogP contribution in [-0.2, 0) is 0 Å². The van der Waals surface area contributed by atoms with Crippen LogP contribution in [-0.4, -0.2) is 54.0 Å². The van der Waals surface area contributed by atoms with Gasteiger partial charge in [-0.1, -0.05) is 0 Å². The van der Waals surface area contributed by atoms with E-state index >= 15 is 0 Å². The van der Waals surface area contributed by atoms with Gasteiger partial charge in [-0.05, 0) is 32.9 Å². The summed E-state index contributed by atoms with van der Waals surface area (Å²) < 4.78 is 0. The van der Waals surface area contributed by atoms with Crippen LogP contribution in [0.15, 0.2) is 12.1 Å². The Balaban J connectivity index is 1.88. The van der Waals surface area contributed by atoms with E-state index in [2.05, 4.69) is 4.90 Å². The number of nitrogens with two attached hydrogens (primary N) is 1. The molecule has 0 aromatic carbocycles. The number of carbonyl (C=O) groups is 1. The lowest BCUT2D eigenvalue weighted by atomic mass is 10.1. The number of carbonyl (C=O) groups excluding carboxylic acids is 1. The van der Waals surface area contributed by atoms with Crippen LogP contribution in [0.25, 0.3) is 0 Å². The fourth-order valence-corrected chi connectivity index (χ4v) is 3.23. The van der Waals surface area contributed by atoms with Crippen LogP contribution in [0.1, 0.15) is 28.4 Å². The normalized spacial score (nSPS) is 17.8. The number of nitrogens with zero attached hydrogens (tertiary/aromatic N) is 2. The zero-order valence-electron chi connectivity index (χ0n) is 12.0. The number of amides is 1. The van der Waals surface area contributed by atoms with Gasteiger partial charge in [0.2, 0.25) is 0 Å². The summed E-state index contributed by atoms with van der Waals surface area (Å²) >= 11 is 1.58. The molecule has 0 bridgehead atoms. The second-order valence-electron chi connectivity index (χ2n) is 5.97. The molecule has 1 aliphatic heterocycles. The second-order valence-corrected chi connectivity index (χ2v) is 7.26. The molecular weight excluding hydrogens is 258 g/mol. The molecule has 1 amide bonds. The van der Waals surface area contributed by atoms with Gasteiger partial charge in [0.25, 0.3) is 5.91 Å². The minimum Gasteiger partial charge on any atom is -0.335 e. The maximum atomic E-state index is 12.3. The summed E-state index contributed by atoms with van der Waals surface area (Å²) in [6.07, 6.45) is 0. The third-order valence-electron chi connectivity index (χ3n) is 3.24. The highest BCUT2D eigenvalue weighted by atomic mass is 32.1. The fraction of sp³-hybridized carbons (Fsp3) is 0.643. The largest absolute Gasteiger partial charge is 0.335 e.